The van der Waals surface area contributed by atoms with Crippen LogP contribution in [0.15, 0.2) is 30.3 Å². The minimum Gasteiger partial charge on any atom is -0.480 e. The van der Waals surface area contributed by atoms with Gasteiger partial charge in [0.2, 0.25) is 5.88 Å². The summed E-state index contributed by atoms with van der Waals surface area (Å²) in [5.41, 5.74) is 7.59. The van der Waals surface area contributed by atoms with Gasteiger partial charge in [0, 0.05) is 17.3 Å². The van der Waals surface area contributed by atoms with Crippen LogP contribution in [-0.4, -0.2) is 23.2 Å². The van der Waals surface area contributed by atoms with Crippen molar-refractivity contribution in [2.24, 2.45) is 0 Å². The molecule has 6 nitrogen and oxygen atoms in total. The van der Waals surface area contributed by atoms with E-state index in [0.717, 1.165) is 5.56 Å². The third kappa shape index (κ3) is 2.79. The Kier molecular flexibility index (Phi) is 3.61. The molecule has 0 atom stereocenters. The predicted octanol–water partition coefficient (Wildman–Crippen LogP) is 1.63. The van der Waals surface area contributed by atoms with Gasteiger partial charge in [-0.25, -0.2) is 0 Å². The number of carbonyl (C=O) groups excluding carboxylic acids is 1. The first-order valence-electron chi connectivity index (χ1n) is 5.66. The Morgan fingerprint density at radius 3 is 2.68 bits per heavy atom. The van der Waals surface area contributed by atoms with E-state index in [4.69, 9.17) is 10.5 Å². The van der Waals surface area contributed by atoms with Crippen molar-refractivity contribution < 1.29 is 9.53 Å². The van der Waals surface area contributed by atoms with Crippen molar-refractivity contribution >= 4 is 17.4 Å². The highest BCUT2D eigenvalue weighted by atomic mass is 16.5. The quantitative estimate of drug-likeness (QED) is 0.816. The van der Waals surface area contributed by atoms with E-state index < -0.39 is 0 Å². The number of methoxy groups -OCH3 is 1. The summed E-state index contributed by atoms with van der Waals surface area (Å²) in [7, 11) is 1.50. The van der Waals surface area contributed by atoms with Gasteiger partial charge < -0.3 is 15.8 Å². The van der Waals surface area contributed by atoms with E-state index in [9.17, 15) is 4.79 Å². The number of carbonyl (C=O) groups is 1. The van der Waals surface area contributed by atoms with Crippen LogP contribution in [0.1, 0.15) is 15.9 Å². The number of nitrogens with two attached hydrogens (primary N) is 1. The highest BCUT2D eigenvalue weighted by molar-refractivity contribution is 6.05. The SMILES string of the molecule is COc1ccc(NC(=O)c2cccc(N)c2C)nn1. The second kappa shape index (κ2) is 5.34. The van der Waals surface area contributed by atoms with E-state index in [1.807, 2.05) is 0 Å². The molecule has 3 N–H and O–H groups in total. The topological polar surface area (TPSA) is 90.1 Å². The molecule has 1 amide bonds. The number of hydrogen-bond acceptors (Lipinski definition) is 5. The Bertz CT molecular complexity index is 596. The first kappa shape index (κ1) is 12.8. The lowest BCUT2D eigenvalue weighted by atomic mass is 10.1. The van der Waals surface area contributed by atoms with Crippen molar-refractivity contribution in [1.29, 1.82) is 0 Å². The Labute approximate surface area is 110 Å². The lowest BCUT2D eigenvalue weighted by molar-refractivity contribution is 0.102. The van der Waals surface area contributed by atoms with E-state index in [1.54, 1.807) is 37.3 Å². The Morgan fingerprint density at radius 2 is 2.05 bits per heavy atom. The molecule has 1 aromatic heterocycles. The maximum absolute atomic E-state index is 12.1. The van der Waals surface area contributed by atoms with Gasteiger partial charge in [0.05, 0.1) is 7.11 Å². The molecular formula is C13H14N4O2. The van der Waals surface area contributed by atoms with E-state index in [0.29, 0.717) is 22.9 Å². The van der Waals surface area contributed by atoms with Gasteiger partial charge in [-0.1, -0.05) is 6.07 Å². The molecule has 2 rings (SSSR count). The van der Waals surface area contributed by atoms with E-state index in [-0.39, 0.29) is 5.91 Å². The molecule has 0 saturated carbocycles. The number of nitrogens with zero attached hydrogens (tertiary/aromatic N) is 2. The van der Waals surface area contributed by atoms with Gasteiger partial charge in [0.15, 0.2) is 5.82 Å². The molecule has 0 spiro atoms. The molecule has 2 aromatic rings. The molecular weight excluding hydrogens is 244 g/mol. The van der Waals surface area contributed by atoms with Gasteiger partial charge in [-0.15, -0.1) is 10.2 Å². The van der Waals surface area contributed by atoms with Crippen molar-refractivity contribution in [2.75, 3.05) is 18.2 Å². The minimum absolute atomic E-state index is 0.274. The summed E-state index contributed by atoms with van der Waals surface area (Å²) in [6.45, 7) is 1.80. The average Bonchev–Trinajstić information content (AvgIpc) is 2.42. The second-order valence-corrected chi connectivity index (χ2v) is 3.93. The Balaban J connectivity index is 2.18. The molecule has 0 radical (unpaired) electrons. The standard InChI is InChI=1S/C13H14N4O2/c1-8-9(4-3-5-10(8)14)13(18)15-11-6-7-12(19-2)17-16-11/h3-7H,14H2,1-2H3,(H,15,16,18). The number of anilines is 2. The maximum Gasteiger partial charge on any atom is 0.257 e. The molecule has 0 aliphatic rings. The summed E-state index contributed by atoms with van der Waals surface area (Å²) in [6.07, 6.45) is 0. The Hall–Kier alpha value is -2.63. The zero-order chi connectivity index (χ0) is 13.8. The normalized spacial score (nSPS) is 10.0. The Morgan fingerprint density at radius 1 is 1.26 bits per heavy atom. The van der Waals surface area contributed by atoms with Crippen LogP contribution in [0.25, 0.3) is 0 Å². The predicted molar refractivity (Wildman–Crippen MR) is 72.1 cm³/mol. The molecule has 98 valence electrons. The fraction of sp³-hybridized carbons (Fsp3) is 0.154. The lowest BCUT2D eigenvalue weighted by Gasteiger charge is -2.08. The molecule has 1 heterocycles. The number of benzene rings is 1. The average molecular weight is 258 g/mol. The molecule has 0 aliphatic heterocycles. The molecule has 1 aromatic carbocycles. The summed E-state index contributed by atoms with van der Waals surface area (Å²) in [6, 6.07) is 8.43. The highest BCUT2D eigenvalue weighted by Gasteiger charge is 2.11. The second-order valence-electron chi connectivity index (χ2n) is 3.93. The summed E-state index contributed by atoms with van der Waals surface area (Å²) < 4.78 is 4.89. The fourth-order valence-electron chi connectivity index (χ4n) is 1.58. The van der Waals surface area contributed by atoms with E-state index in [2.05, 4.69) is 15.5 Å². The van der Waals surface area contributed by atoms with Crippen LogP contribution >= 0.6 is 0 Å². The third-order valence-electron chi connectivity index (χ3n) is 2.71. The third-order valence-corrected chi connectivity index (χ3v) is 2.71. The molecule has 0 aliphatic carbocycles. The van der Waals surface area contributed by atoms with Gasteiger partial charge in [0.25, 0.3) is 5.91 Å². The van der Waals surface area contributed by atoms with Gasteiger partial charge in [0.1, 0.15) is 0 Å². The fourth-order valence-corrected chi connectivity index (χ4v) is 1.58. The summed E-state index contributed by atoms with van der Waals surface area (Å²) in [5.74, 6) is 0.468. The highest BCUT2D eigenvalue weighted by Crippen LogP contribution is 2.17. The van der Waals surface area contributed by atoms with E-state index >= 15 is 0 Å². The number of rotatable bonds is 3. The molecule has 0 fully saturated rings. The molecule has 0 unspecified atom stereocenters. The number of aromatic nitrogens is 2. The van der Waals surface area contributed by atoms with Crippen molar-refractivity contribution in [1.82, 2.24) is 10.2 Å². The molecule has 6 heteroatoms. The molecule has 19 heavy (non-hydrogen) atoms. The monoisotopic (exact) mass is 258 g/mol. The van der Waals surface area contributed by atoms with Crippen LogP contribution in [-0.2, 0) is 0 Å². The summed E-state index contributed by atoms with van der Waals surface area (Å²) >= 11 is 0. The number of nitrogen functional groups attached to an aromatic ring is 1. The van der Waals surface area contributed by atoms with Crippen molar-refractivity contribution in [3.63, 3.8) is 0 Å². The van der Waals surface area contributed by atoms with Crippen LogP contribution in [0, 0.1) is 6.92 Å². The summed E-state index contributed by atoms with van der Waals surface area (Å²) in [4.78, 5) is 12.1. The van der Waals surface area contributed by atoms with Crippen LogP contribution in [0.2, 0.25) is 0 Å². The molecule has 0 bridgehead atoms. The van der Waals surface area contributed by atoms with Crippen molar-refractivity contribution in [3.8, 4) is 5.88 Å². The van der Waals surface area contributed by atoms with Gasteiger partial charge in [-0.3, -0.25) is 4.79 Å². The number of nitrogens with one attached hydrogen (secondary N) is 1. The lowest BCUT2D eigenvalue weighted by Crippen LogP contribution is -2.15. The minimum atomic E-state index is -0.274. The van der Waals surface area contributed by atoms with Crippen LogP contribution in [0.4, 0.5) is 11.5 Å². The van der Waals surface area contributed by atoms with Gasteiger partial charge in [-0.2, -0.15) is 0 Å². The van der Waals surface area contributed by atoms with Crippen LogP contribution in [0.3, 0.4) is 0 Å². The van der Waals surface area contributed by atoms with Crippen LogP contribution < -0.4 is 15.8 Å². The zero-order valence-corrected chi connectivity index (χ0v) is 10.7. The first-order chi connectivity index (χ1) is 9.11. The number of hydrogen-bond donors (Lipinski definition) is 2. The molecule has 0 saturated heterocycles. The largest absolute Gasteiger partial charge is 0.480 e. The van der Waals surface area contributed by atoms with Crippen LogP contribution in [0.5, 0.6) is 5.88 Å². The maximum atomic E-state index is 12.1. The number of amides is 1. The number of ether oxygens (including phenoxy) is 1. The summed E-state index contributed by atoms with van der Waals surface area (Å²) in [5, 5.41) is 10.3. The van der Waals surface area contributed by atoms with E-state index in [1.165, 1.54) is 7.11 Å². The van der Waals surface area contributed by atoms with Gasteiger partial charge in [-0.05, 0) is 30.7 Å². The zero-order valence-electron chi connectivity index (χ0n) is 10.7. The van der Waals surface area contributed by atoms with Crippen molar-refractivity contribution in [3.05, 3.63) is 41.5 Å². The van der Waals surface area contributed by atoms with Crippen molar-refractivity contribution in [2.45, 2.75) is 6.92 Å². The smallest absolute Gasteiger partial charge is 0.257 e. The van der Waals surface area contributed by atoms with Gasteiger partial charge >= 0.3 is 0 Å². The first-order valence-corrected chi connectivity index (χ1v) is 5.66.